The van der Waals surface area contributed by atoms with Gasteiger partial charge in [0, 0.05) is 18.8 Å². The normalized spacial score (nSPS) is 12.2. The predicted molar refractivity (Wildman–Crippen MR) is 102 cm³/mol. The maximum Gasteiger partial charge on any atom is 0.275 e. The highest BCUT2D eigenvalue weighted by Gasteiger charge is 2.10. The lowest BCUT2D eigenvalue weighted by atomic mass is 10.0. The van der Waals surface area contributed by atoms with E-state index in [0.29, 0.717) is 16.6 Å². The third kappa shape index (κ3) is 3.35. The van der Waals surface area contributed by atoms with E-state index in [1.54, 1.807) is 0 Å². The minimum absolute atomic E-state index is 0.226. The number of benzene rings is 2. The lowest BCUT2D eigenvalue weighted by molar-refractivity contribution is 0.191. The van der Waals surface area contributed by atoms with Gasteiger partial charge in [0.05, 0.1) is 6.10 Å². The molecule has 130 valence electrons. The van der Waals surface area contributed by atoms with Gasteiger partial charge in [-0.1, -0.05) is 65.9 Å². The Bertz CT molecular complexity index is 1070. The van der Waals surface area contributed by atoms with Gasteiger partial charge in [-0.05, 0) is 16.7 Å². The average molecular weight is 364 g/mol. The van der Waals surface area contributed by atoms with E-state index in [2.05, 4.69) is 27.5 Å². The van der Waals surface area contributed by atoms with Crippen molar-refractivity contribution in [2.24, 2.45) is 0 Å². The van der Waals surface area contributed by atoms with E-state index in [1.165, 1.54) is 28.1 Å². The van der Waals surface area contributed by atoms with E-state index < -0.39 is 6.10 Å². The Balaban J connectivity index is 1.45. The quantitative estimate of drug-likeness (QED) is 0.569. The molecule has 0 saturated heterocycles. The molecule has 1 unspecified atom stereocenters. The van der Waals surface area contributed by atoms with Crippen LogP contribution in [0.2, 0.25) is 0 Å². The van der Waals surface area contributed by atoms with Gasteiger partial charge in [0.25, 0.3) is 5.56 Å². The summed E-state index contributed by atoms with van der Waals surface area (Å²) >= 11 is 1.27. The van der Waals surface area contributed by atoms with Gasteiger partial charge < -0.3 is 10.4 Å². The Labute approximate surface area is 153 Å². The van der Waals surface area contributed by atoms with E-state index in [-0.39, 0.29) is 5.56 Å². The van der Waals surface area contributed by atoms with Gasteiger partial charge in [-0.3, -0.25) is 4.79 Å². The fourth-order valence-electron chi connectivity index (χ4n) is 2.65. The van der Waals surface area contributed by atoms with Gasteiger partial charge in [0.2, 0.25) is 10.1 Å². The SMILES string of the molecule is O=c1ccnc2sc(NCC(O)c3ccc(-c4ccccc4)cc3)nn12. The molecular weight excluding hydrogens is 348 g/mol. The van der Waals surface area contributed by atoms with Crippen LogP contribution in [0.4, 0.5) is 5.13 Å². The van der Waals surface area contributed by atoms with Gasteiger partial charge in [-0.15, -0.1) is 5.10 Å². The molecular formula is C19H16N4O2S. The largest absolute Gasteiger partial charge is 0.387 e. The summed E-state index contributed by atoms with van der Waals surface area (Å²) in [5.41, 5.74) is 2.83. The van der Waals surface area contributed by atoms with Crippen molar-refractivity contribution in [2.75, 3.05) is 11.9 Å². The fourth-order valence-corrected chi connectivity index (χ4v) is 3.43. The Morgan fingerprint density at radius 2 is 1.77 bits per heavy atom. The number of aromatic nitrogens is 3. The van der Waals surface area contributed by atoms with Crippen molar-refractivity contribution in [2.45, 2.75) is 6.10 Å². The van der Waals surface area contributed by atoms with Crippen molar-refractivity contribution in [1.29, 1.82) is 0 Å². The average Bonchev–Trinajstić information content (AvgIpc) is 3.11. The van der Waals surface area contributed by atoms with Gasteiger partial charge in [0.15, 0.2) is 0 Å². The highest BCUT2D eigenvalue weighted by Crippen LogP contribution is 2.23. The highest BCUT2D eigenvalue weighted by molar-refractivity contribution is 7.20. The van der Waals surface area contributed by atoms with Crippen molar-refractivity contribution < 1.29 is 5.11 Å². The summed E-state index contributed by atoms with van der Waals surface area (Å²) in [7, 11) is 0. The van der Waals surface area contributed by atoms with Crippen LogP contribution in [-0.4, -0.2) is 26.2 Å². The molecule has 4 aromatic rings. The highest BCUT2D eigenvalue weighted by atomic mass is 32.1. The number of anilines is 1. The maximum atomic E-state index is 11.7. The number of hydrogen-bond acceptors (Lipinski definition) is 6. The molecule has 0 fully saturated rings. The number of nitrogens with one attached hydrogen (secondary N) is 1. The Hall–Kier alpha value is -3.03. The lowest BCUT2D eigenvalue weighted by Crippen LogP contribution is -2.14. The summed E-state index contributed by atoms with van der Waals surface area (Å²) in [6.45, 7) is 0.291. The standard InChI is InChI=1S/C19H16N4O2S/c24-16(12-21-18-22-23-17(25)10-11-20-19(23)26-18)15-8-6-14(7-9-15)13-4-2-1-3-5-13/h1-11,16,24H,12H2,(H,21,22). The monoisotopic (exact) mass is 364 g/mol. The van der Waals surface area contributed by atoms with Crippen molar-refractivity contribution >= 4 is 21.4 Å². The van der Waals surface area contributed by atoms with Crippen LogP contribution in [0.25, 0.3) is 16.1 Å². The summed E-state index contributed by atoms with van der Waals surface area (Å²) in [6, 6.07) is 19.3. The molecule has 2 heterocycles. The number of aliphatic hydroxyl groups excluding tert-OH is 1. The second-order valence-electron chi connectivity index (χ2n) is 5.77. The molecule has 6 nitrogen and oxygen atoms in total. The van der Waals surface area contributed by atoms with E-state index >= 15 is 0 Å². The molecule has 0 spiro atoms. The molecule has 0 aliphatic heterocycles. The number of rotatable bonds is 5. The van der Waals surface area contributed by atoms with Crippen molar-refractivity contribution in [3.8, 4) is 11.1 Å². The minimum atomic E-state index is -0.684. The van der Waals surface area contributed by atoms with E-state index in [0.717, 1.165) is 16.7 Å². The number of nitrogens with zero attached hydrogens (tertiary/aromatic N) is 3. The van der Waals surface area contributed by atoms with Crippen LogP contribution in [0, 0.1) is 0 Å². The molecule has 2 aromatic heterocycles. The molecule has 0 amide bonds. The van der Waals surface area contributed by atoms with E-state index in [9.17, 15) is 9.90 Å². The first-order chi connectivity index (χ1) is 12.7. The third-order valence-corrected chi connectivity index (χ3v) is 4.90. The zero-order chi connectivity index (χ0) is 17.9. The van der Waals surface area contributed by atoms with Crippen LogP contribution >= 0.6 is 11.3 Å². The molecule has 0 aliphatic rings. The molecule has 4 rings (SSSR count). The Morgan fingerprint density at radius 3 is 2.50 bits per heavy atom. The summed E-state index contributed by atoms with van der Waals surface area (Å²) in [4.78, 5) is 16.3. The summed E-state index contributed by atoms with van der Waals surface area (Å²) in [6.07, 6.45) is 0.777. The first-order valence-electron chi connectivity index (χ1n) is 8.13. The molecule has 0 radical (unpaired) electrons. The first-order valence-corrected chi connectivity index (χ1v) is 8.94. The van der Waals surface area contributed by atoms with Gasteiger partial charge in [-0.2, -0.15) is 4.52 Å². The molecule has 0 aliphatic carbocycles. The molecule has 2 N–H and O–H groups in total. The zero-order valence-corrected chi connectivity index (χ0v) is 14.6. The maximum absolute atomic E-state index is 11.7. The lowest BCUT2D eigenvalue weighted by Gasteiger charge is -2.12. The second kappa shape index (κ2) is 7.07. The summed E-state index contributed by atoms with van der Waals surface area (Å²) in [5.74, 6) is 0. The fraction of sp³-hybridized carbons (Fsp3) is 0.105. The van der Waals surface area contributed by atoms with Crippen LogP contribution < -0.4 is 10.9 Å². The van der Waals surface area contributed by atoms with Crippen LogP contribution in [0.15, 0.2) is 71.7 Å². The van der Waals surface area contributed by atoms with Crippen molar-refractivity contribution in [3.63, 3.8) is 0 Å². The Morgan fingerprint density at radius 1 is 1.04 bits per heavy atom. The van der Waals surface area contributed by atoms with E-state index in [1.807, 2.05) is 42.5 Å². The van der Waals surface area contributed by atoms with E-state index in [4.69, 9.17) is 0 Å². The van der Waals surface area contributed by atoms with Crippen LogP contribution in [-0.2, 0) is 0 Å². The smallest absolute Gasteiger partial charge is 0.275 e. The first kappa shape index (κ1) is 16.4. The molecule has 2 aromatic carbocycles. The van der Waals surface area contributed by atoms with Gasteiger partial charge in [0.1, 0.15) is 0 Å². The predicted octanol–water partition coefficient (Wildman–Crippen LogP) is 2.96. The summed E-state index contributed by atoms with van der Waals surface area (Å²) < 4.78 is 1.24. The Kier molecular flexibility index (Phi) is 4.47. The third-order valence-electron chi connectivity index (χ3n) is 4.02. The van der Waals surface area contributed by atoms with Gasteiger partial charge in [-0.25, -0.2) is 4.98 Å². The zero-order valence-electron chi connectivity index (χ0n) is 13.7. The van der Waals surface area contributed by atoms with Gasteiger partial charge >= 0.3 is 0 Å². The van der Waals surface area contributed by atoms with Crippen molar-refractivity contribution in [1.82, 2.24) is 14.6 Å². The number of aliphatic hydroxyl groups is 1. The van der Waals surface area contributed by atoms with Crippen LogP contribution in [0.3, 0.4) is 0 Å². The molecule has 0 saturated carbocycles. The number of fused-ring (bicyclic) bond motifs is 1. The van der Waals surface area contributed by atoms with Crippen LogP contribution in [0.5, 0.6) is 0 Å². The van der Waals surface area contributed by atoms with Crippen LogP contribution in [0.1, 0.15) is 11.7 Å². The molecule has 7 heteroatoms. The molecule has 0 bridgehead atoms. The van der Waals surface area contributed by atoms with Crippen molar-refractivity contribution in [3.05, 3.63) is 82.8 Å². The second-order valence-corrected chi connectivity index (χ2v) is 6.73. The summed E-state index contributed by atoms with van der Waals surface area (Å²) in [5, 5.41) is 18.2. The topological polar surface area (TPSA) is 79.5 Å². The molecule has 26 heavy (non-hydrogen) atoms. The molecule has 1 atom stereocenters. The number of hydrogen-bond donors (Lipinski definition) is 2. The minimum Gasteiger partial charge on any atom is -0.387 e.